The van der Waals surface area contributed by atoms with Gasteiger partial charge in [-0.2, -0.15) is 0 Å². The zero-order chi connectivity index (χ0) is 10.8. The molecular weight excluding hydrogens is 218 g/mol. The molecule has 82 valence electrons. The summed E-state index contributed by atoms with van der Waals surface area (Å²) in [6, 6.07) is 3.55. The van der Waals surface area contributed by atoms with Crippen LogP contribution >= 0.6 is 11.8 Å². The number of aliphatic hydroxyl groups is 1. The summed E-state index contributed by atoms with van der Waals surface area (Å²) in [4.78, 5) is 0.419. The van der Waals surface area contributed by atoms with E-state index in [0.29, 0.717) is 4.90 Å². The van der Waals surface area contributed by atoms with Crippen molar-refractivity contribution in [2.75, 3.05) is 0 Å². The first-order valence-corrected chi connectivity index (χ1v) is 5.84. The molecule has 0 bridgehead atoms. The topological polar surface area (TPSA) is 20.2 Å². The molecule has 1 N–H and O–H groups in total. The first-order valence-electron chi connectivity index (χ1n) is 4.96. The van der Waals surface area contributed by atoms with Crippen molar-refractivity contribution in [2.24, 2.45) is 0 Å². The van der Waals surface area contributed by atoms with Crippen molar-refractivity contribution in [3.63, 3.8) is 0 Å². The van der Waals surface area contributed by atoms with E-state index in [9.17, 15) is 13.9 Å². The van der Waals surface area contributed by atoms with Gasteiger partial charge in [0.15, 0.2) is 0 Å². The SMILES string of the molecule is OC1CCCC1Sc1ccc(F)cc1F. The molecule has 0 radical (unpaired) electrons. The van der Waals surface area contributed by atoms with Gasteiger partial charge in [0, 0.05) is 16.2 Å². The summed E-state index contributed by atoms with van der Waals surface area (Å²) in [6.45, 7) is 0. The number of halogens is 2. The lowest BCUT2D eigenvalue weighted by Gasteiger charge is -2.13. The fraction of sp³-hybridized carbons (Fsp3) is 0.455. The maximum Gasteiger partial charge on any atom is 0.139 e. The standard InChI is InChI=1S/C11H12F2OS/c12-7-4-5-10(8(13)6-7)15-11-3-1-2-9(11)14/h4-6,9,11,14H,1-3H2. The van der Waals surface area contributed by atoms with E-state index in [1.807, 2.05) is 0 Å². The molecule has 4 heteroatoms. The predicted molar refractivity (Wildman–Crippen MR) is 55.9 cm³/mol. The summed E-state index contributed by atoms with van der Waals surface area (Å²) >= 11 is 1.30. The molecule has 2 rings (SSSR count). The average Bonchev–Trinajstić information content (AvgIpc) is 2.57. The highest BCUT2D eigenvalue weighted by atomic mass is 32.2. The van der Waals surface area contributed by atoms with Crippen molar-refractivity contribution in [1.82, 2.24) is 0 Å². The maximum absolute atomic E-state index is 13.3. The van der Waals surface area contributed by atoms with Crippen LogP contribution in [0.3, 0.4) is 0 Å². The van der Waals surface area contributed by atoms with E-state index in [0.717, 1.165) is 25.3 Å². The van der Waals surface area contributed by atoms with Crippen molar-refractivity contribution >= 4 is 11.8 Å². The Bertz CT molecular complexity index is 356. The molecule has 1 aliphatic rings. The van der Waals surface area contributed by atoms with Gasteiger partial charge in [-0.1, -0.05) is 0 Å². The number of hydrogen-bond donors (Lipinski definition) is 1. The van der Waals surface area contributed by atoms with Gasteiger partial charge in [0.25, 0.3) is 0 Å². The molecule has 1 fully saturated rings. The van der Waals surface area contributed by atoms with Crippen molar-refractivity contribution < 1.29 is 13.9 Å². The van der Waals surface area contributed by atoms with E-state index in [4.69, 9.17) is 0 Å². The fourth-order valence-corrected chi connectivity index (χ4v) is 3.00. The second-order valence-corrected chi connectivity index (χ2v) is 5.01. The fourth-order valence-electron chi connectivity index (χ4n) is 1.78. The van der Waals surface area contributed by atoms with Gasteiger partial charge in [-0.3, -0.25) is 0 Å². The van der Waals surface area contributed by atoms with E-state index in [1.54, 1.807) is 0 Å². The van der Waals surface area contributed by atoms with Gasteiger partial charge in [-0.15, -0.1) is 11.8 Å². The van der Waals surface area contributed by atoms with E-state index >= 15 is 0 Å². The zero-order valence-electron chi connectivity index (χ0n) is 8.12. The Morgan fingerprint density at radius 1 is 1.27 bits per heavy atom. The lowest BCUT2D eigenvalue weighted by molar-refractivity contribution is 0.188. The summed E-state index contributed by atoms with van der Waals surface area (Å²) < 4.78 is 25.9. The van der Waals surface area contributed by atoms with E-state index in [1.165, 1.54) is 23.9 Å². The van der Waals surface area contributed by atoms with Crippen LogP contribution in [0.4, 0.5) is 8.78 Å². The smallest absolute Gasteiger partial charge is 0.139 e. The Morgan fingerprint density at radius 3 is 2.67 bits per heavy atom. The maximum atomic E-state index is 13.3. The molecule has 1 aromatic rings. The molecule has 1 saturated carbocycles. The minimum Gasteiger partial charge on any atom is -0.392 e. The molecule has 1 aromatic carbocycles. The van der Waals surface area contributed by atoms with Crippen molar-refractivity contribution in [1.29, 1.82) is 0 Å². The lowest BCUT2D eigenvalue weighted by atomic mass is 10.3. The number of benzene rings is 1. The summed E-state index contributed by atoms with van der Waals surface area (Å²) in [7, 11) is 0. The molecule has 2 unspecified atom stereocenters. The first kappa shape index (κ1) is 10.9. The van der Waals surface area contributed by atoms with E-state index in [2.05, 4.69) is 0 Å². The van der Waals surface area contributed by atoms with Gasteiger partial charge in [0.05, 0.1) is 6.10 Å². The quantitative estimate of drug-likeness (QED) is 0.842. The number of hydrogen-bond acceptors (Lipinski definition) is 2. The Morgan fingerprint density at radius 2 is 2.07 bits per heavy atom. The Labute approximate surface area is 91.5 Å². The molecule has 0 spiro atoms. The molecule has 0 heterocycles. The van der Waals surface area contributed by atoms with Gasteiger partial charge in [-0.25, -0.2) is 8.78 Å². The van der Waals surface area contributed by atoms with Crippen LogP contribution < -0.4 is 0 Å². The highest BCUT2D eigenvalue weighted by Gasteiger charge is 2.26. The van der Waals surface area contributed by atoms with Gasteiger partial charge in [0.1, 0.15) is 11.6 Å². The monoisotopic (exact) mass is 230 g/mol. The molecular formula is C11H12F2OS. The van der Waals surface area contributed by atoms with Crippen LogP contribution in [-0.2, 0) is 0 Å². The van der Waals surface area contributed by atoms with Crippen LogP contribution in [0.2, 0.25) is 0 Å². The summed E-state index contributed by atoms with van der Waals surface area (Å²) in [5.41, 5.74) is 0. The van der Waals surface area contributed by atoms with Crippen LogP contribution in [0.15, 0.2) is 23.1 Å². The third-order valence-electron chi connectivity index (χ3n) is 2.59. The van der Waals surface area contributed by atoms with Crippen LogP contribution in [-0.4, -0.2) is 16.5 Å². The molecule has 1 nitrogen and oxygen atoms in total. The number of aliphatic hydroxyl groups excluding tert-OH is 1. The molecule has 0 amide bonds. The molecule has 2 atom stereocenters. The average molecular weight is 230 g/mol. The third-order valence-corrected chi connectivity index (χ3v) is 4.03. The van der Waals surface area contributed by atoms with Crippen LogP contribution in [0, 0.1) is 11.6 Å². The van der Waals surface area contributed by atoms with Crippen molar-refractivity contribution in [2.45, 2.75) is 35.5 Å². The molecule has 15 heavy (non-hydrogen) atoms. The van der Waals surface area contributed by atoms with Gasteiger partial charge < -0.3 is 5.11 Å². The Kier molecular flexibility index (Phi) is 3.26. The highest BCUT2D eigenvalue weighted by Crippen LogP contribution is 2.36. The molecule has 0 saturated heterocycles. The summed E-state index contributed by atoms with van der Waals surface area (Å²) in [5.74, 6) is -1.11. The molecule has 0 aromatic heterocycles. The van der Waals surface area contributed by atoms with Crippen molar-refractivity contribution in [3.05, 3.63) is 29.8 Å². The van der Waals surface area contributed by atoms with Crippen molar-refractivity contribution in [3.8, 4) is 0 Å². The van der Waals surface area contributed by atoms with Gasteiger partial charge in [0.2, 0.25) is 0 Å². The Hall–Kier alpha value is -0.610. The van der Waals surface area contributed by atoms with Crippen LogP contribution in [0.5, 0.6) is 0 Å². The third kappa shape index (κ3) is 2.49. The number of thioether (sulfide) groups is 1. The largest absolute Gasteiger partial charge is 0.392 e. The van der Waals surface area contributed by atoms with Crippen LogP contribution in [0.1, 0.15) is 19.3 Å². The predicted octanol–water partition coefficient (Wildman–Crippen LogP) is 2.97. The van der Waals surface area contributed by atoms with Gasteiger partial charge >= 0.3 is 0 Å². The lowest BCUT2D eigenvalue weighted by Crippen LogP contribution is -2.15. The van der Waals surface area contributed by atoms with E-state index < -0.39 is 11.6 Å². The minimum absolute atomic E-state index is 0.0463. The summed E-state index contributed by atoms with van der Waals surface area (Å²) in [5, 5.41) is 9.62. The zero-order valence-corrected chi connectivity index (χ0v) is 8.94. The Balaban J connectivity index is 2.10. The van der Waals surface area contributed by atoms with E-state index in [-0.39, 0.29) is 11.4 Å². The van der Waals surface area contributed by atoms with Gasteiger partial charge in [-0.05, 0) is 31.4 Å². The molecule has 0 aliphatic heterocycles. The summed E-state index contributed by atoms with van der Waals surface area (Å²) in [6.07, 6.45) is 2.28. The highest BCUT2D eigenvalue weighted by molar-refractivity contribution is 8.00. The number of rotatable bonds is 2. The van der Waals surface area contributed by atoms with Crippen LogP contribution in [0.25, 0.3) is 0 Å². The molecule has 1 aliphatic carbocycles. The normalized spacial score (nSPS) is 25.8. The first-order chi connectivity index (χ1) is 7.16. The minimum atomic E-state index is -0.566. The second-order valence-electron chi connectivity index (χ2n) is 3.73. The second kappa shape index (κ2) is 4.49.